The van der Waals surface area contributed by atoms with Crippen molar-refractivity contribution in [2.24, 2.45) is 0 Å². The van der Waals surface area contributed by atoms with Gasteiger partial charge in [-0.25, -0.2) is 4.98 Å². The lowest BCUT2D eigenvalue weighted by Gasteiger charge is -1.92. The van der Waals surface area contributed by atoms with Crippen LogP contribution in [0.5, 0.6) is 0 Å². The largest absolute Gasteiger partial charge is 0.258 e. The van der Waals surface area contributed by atoms with Crippen LogP contribution in [0.3, 0.4) is 0 Å². The Morgan fingerprint density at radius 1 is 1.00 bits per heavy atom. The van der Waals surface area contributed by atoms with Crippen molar-refractivity contribution < 1.29 is 0 Å². The van der Waals surface area contributed by atoms with Crippen LogP contribution < -0.4 is 0 Å². The SMILES string of the molecule is c1csc(-c2nc(-c3csc4ccccc34)n[nH]2)c1. The summed E-state index contributed by atoms with van der Waals surface area (Å²) in [7, 11) is 0. The molecule has 0 aliphatic heterocycles. The van der Waals surface area contributed by atoms with Crippen molar-refractivity contribution in [3.8, 4) is 22.1 Å². The lowest BCUT2D eigenvalue weighted by atomic mass is 10.2. The molecule has 4 rings (SSSR count). The van der Waals surface area contributed by atoms with Crippen LogP contribution in [0.4, 0.5) is 0 Å². The molecule has 3 heterocycles. The summed E-state index contributed by atoms with van der Waals surface area (Å²) < 4.78 is 1.26. The number of hydrogen-bond acceptors (Lipinski definition) is 4. The molecule has 0 fully saturated rings. The maximum absolute atomic E-state index is 4.60. The summed E-state index contributed by atoms with van der Waals surface area (Å²) in [5.74, 6) is 1.60. The zero-order valence-electron chi connectivity index (χ0n) is 9.83. The smallest absolute Gasteiger partial charge is 0.183 e. The van der Waals surface area contributed by atoms with Gasteiger partial charge in [0, 0.05) is 21.0 Å². The minimum absolute atomic E-state index is 0.765. The van der Waals surface area contributed by atoms with Gasteiger partial charge in [0.15, 0.2) is 11.6 Å². The van der Waals surface area contributed by atoms with E-state index in [9.17, 15) is 0 Å². The van der Waals surface area contributed by atoms with E-state index in [1.54, 1.807) is 22.7 Å². The van der Waals surface area contributed by atoms with Gasteiger partial charge in [-0.1, -0.05) is 24.3 Å². The Bertz CT molecular complexity index is 827. The second-order valence-electron chi connectivity index (χ2n) is 4.13. The van der Waals surface area contributed by atoms with Gasteiger partial charge in [-0.15, -0.1) is 22.7 Å². The number of thiophene rings is 2. The molecule has 0 saturated carbocycles. The van der Waals surface area contributed by atoms with Gasteiger partial charge < -0.3 is 0 Å². The van der Waals surface area contributed by atoms with Gasteiger partial charge in [0.2, 0.25) is 0 Å². The fraction of sp³-hybridized carbons (Fsp3) is 0. The summed E-state index contributed by atoms with van der Waals surface area (Å²) >= 11 is 3.38. The summed E-state index contributed by atoms with van der Waals surface area (Å²) in [6.45, 7) is 0. The van der Waals surface area contributed by atoms with Crippen LogP contribution in [0.2, 0.25) is 0 Å². The van der Waals surface area contributed by atoms with E-state index in [2.05, 4.69) is 38.8 Å². The molecular formula is C14H9N3S2. The molecule has 0 aliphatic rings. The average Bonchev–Trinajstić information content (AvgIpc) is 3.18. The third kappa shape index (κ3) is 1.78. The lowest BCUT2D eigenvalue weighted by Crippen LogP contribution is -1.78. The van der Waals surface area contributed by atoms with Crippen LogP contribution in [0.15, 0.2) is 47.2 Å². The number of benzene rings is 1. The van der Waals surface area contributed by atoms with Crippen LogP contribution in [0, 0.1) is 0 Å². The number of nitrogens with zero attached hydrogens (tertiary/aromatic N) is 2. The maximum atomic E-state index is 4.60. The number of aromatic amines is 1. The number of nitrogens with one attached hydrogen (secondary N) is 1. The van der Waals surface area contributed by atoms with Gasteiger partial charge >= 0.3 is 0 Å². The van der Waals surface area contributed by atoms with Gasteiger partial charge in [-0.2, -0.15) is 5.10 Å². The molecule has 3 nitrogen and oxygen atoms in total. The van der Waals surface area contributed by atoms with Crippen molar-refractivity contribution in [2.45, 2.75) is 0 Å². The number of hydrogen-bond donors (Lipinski definition) is 1. The van der Waals surface area contributed by atoms with E-state index in [-0.39, 0.29) is 0 Å². The van der Waals surface area contributed by atoms with Crippen molar-refractivity contribution in [1.29, 1.82) is 0 Å². The fourth-order valence-electron chi connectivity index (χ4n) is 2.06. The van der Waals surface area contributed by atoms with Crippen molar-refractivity contribution in [3.63, 3.8) is 0 Å². The molecule has 0 amide bonds. The third-order valence-corrected chi connectivity index (χ3v) is 4.80. The normalized spacial score (nSPS) is 11.2. The molecule has 5 heteroatoms. The molecule has 19 heavy (non-hydrogen) atoms. The molecule has 3 aromatic heterocycles. The van der Waals surface area contributed by atoms with Crippen molar-refractivity contribution >= 4 is 32.8 Å². The van der Waals surface area contributed by atoms with E-state index in [1.807, 2.05) is 23.6 Å². The minimum Gasteiger partial charge on any atom is -0.258 e. The van der Waals surface area contributed by atoms with E-state index >= 15 is 0 Å². The Hall–Kier alpha value is -1.98. The van der Waals surface area contributed by atoms with Crippen LogP contribution in [0.25, 0.3) is 32.2 Å². The topological polar surface area (TPSA) is 41.6 Å². The van der Waals surface area contributed by atoms with E-state index in [4.69, 9.17) is 0 Å². The van der Waals surface area contributed by atoms with Crippen LogP contribution in [0.1, 0.15) is 0 Å². The maximum Gasteiger partial charge on any atom is 0.183 e. The molecule has 1 aromatic carbocycles. The van der Waals surface area contributed by atoms with Crippen LogP contribution >= 0.6 is 22.7 Å². The molecule has 4 aromatic rings. The summed E-state index contributed by atoms with van der Waals surface area (Å²) in [6, 6.07) is 12.4. The van der Waals surface area contributed by atoms with E-state index in [0.717, 1.165) is 22.1 Å². The Morgan fingerprint density at radius 2 is 1.95 bits per heavy atom. The number of fused-ring (bicyclic) bond motifs is 1. The third-order valence-electron chi connectivity index (χ3n) is 2.96. The molecule has 92 valence electrons. The van der Waals surface area contributed by atoms with Gasteiger partial charge in [0.05, 0.1) is 4.88 Å². The summed E-state index contributed by atoms with van der Waals surface area (Å²) in [4.78, 5) is 5.71. The number of aromatic nitrogens is 3. The molecule has 0 aliphatic carbocycles. The quantitative estimate of drug-likeness (QED) is 0.592. The first-order chi connectivity index (χ1) is 9.42. The molecule has 1 N–H and O–H groups in total. The van der Waals surface area contributed by atoms with Crippen molar-refractivity contribution in [2.75, 3.05) is 0 Å². The average molecular weight is 283 g/mol. The first-order valence-electron chi connectivity index (χ1n) is 5.85. The molecule has 0 unspecified atom stereocenters. The zero-order valence-corrected chi connectivity index (χ0v) is 11.5. The monoisotopic (exact) mass is 283 g/mol. The highest BCUT2D eigenvalue weighted by Gasteiger charge is 2.12. The van der Waals surface area contributed by atoms with Crippen LogP contribution in [-0.2, 0) is 0 Å². The van der Waals surface area contributed by atoms with Gasteiger partial charge in [-0.3, -0.25) is 5.10 Å². The molecule has 0 spiro atoms. The molecular weight excluding hydrogens is 274 g/mol. The summed E-state index contributed by atoms with van der Waals surface area (Å²) in [5, 5.41) is 12.7. The van der Waals surface area contributed by atoms with E-state index < -0.39 is 0 Å². The minimum atomic E-state index is 0.765. The second kappa shape index (κ2) is 4.29. The highest BCUT2D eigenvalue weighted by atomic mass is 32.1. The Labute approximate surface area is 117 Å². The summed E-state index contributed by atoms with van der Waals surface area (Å²) in [6.07, 6.45) is 0. The van der Waals surface area contributed by atoms with Crippen molar-refractivity contribution in [3.05, 3.63) is 47.2 Å². The summed E-state index contributed by atoms with van der Waals surface area (Å²) in [5.41, 5.74) is 1.10. The highest BCUT2D eigenvalue weighted by molar-refractivity contribution is 7.17. The molecule has 0 saturated heterocycles. The van der Waals surface area contributed by atoms with Crippen molar-refractivity contribution in [1.82, 2.24) is 15.2 Å². The fourth-order valence-corrected chi connectivity index (χ4v) is 3.66. The van der Waals surface area contributed by atoms with Gasteiger partial charge in [0.1, 0.15) is 0 Å². The molecule has 0 atom stereocenters. The van der Waals surface area contributed by atoms with Gasteiger partial charge in [0.25, 0.3) is 0 Å². The predicted octanol–water partition coefficient (Wildman–Crippen LogP) is 4.41. The van der Waals surface area contributed by atoms with Gasteiger partial charge in [-0.05, 0) is 17.5 Å². The van der Waals surface area contributed by atoms with E-state index in [1.165, 1.54) is 10.1 Å². The zero-order chi connectivity index (χ0) is 12.7. The molecule has 0 radical (unpaired) electrons. The standard InChI is InChI=1S/C14H9N3S2/c1-2-5-11-9(4-1)10(8-19-11)13-15-14(17-16-13)12-6-3-7-18-12/h1-8H,(H,15,16,17). The lowest BCUT2D eigenvalue weighted by molar-refractivity contribution is 1.10. The number of H-pyrrole nitrogens is 1. The second-order valence-corrected chi connectivity index (χ2v) is 5.99. The molecule has 0 bridgehead atoms. The van der Waals surface area contributed by atoms with E-state index in [0.29, 0.717) is 0 Å². The van der Waals surface area contributed by atoms with Crippen LogP contribution in [-0.4, -0.2) is 15.2 Å². The first-order valence-corrected chi connectivity index (χ1v) is 7.60. The Balaban J connectivity index is 1.85. The first kappa shape index (κ1) is 10.9. The predicted molar refractivity (Wildman–Crippen MR) is 80.5 cm³/mol. The Kier molecular flexibility index (Phi) is 2.46. The highest BCUT2D eigenvalue weighted by Crippen LogP contribution is 2.33. The Morgan fingerprint density at radius 3 is 2.84 bits per heavy atom. The number of rotatable bonds is 2.